The number of anilines is 1. The number of aliphatic hydroxyl groups excluding tert-OH is 1. The fourth-order valence-electron chi connectivity index (χ4n) is 0.966. The standard InChI is InChI=1S/C9H13NO2S/c1-7(4-11)10(2)8-3-9(5-12)13-6-8/h3,5-7,11H,4H2,1-2H3. The summed E-state index contributed by atoms with van der Waals surface area (Å²) in [5, 5.41) is 10.8. The van der Waals surface area contributed by atoms with Gasteiger partial charge in [-0.2, -0.15) is 0 Å². The number of hydrogen-bond donors (Lipinski definition) is 1. The van der Waals surface area contributed by atoms with Crippen molar-refractivity contribution in [2.45, 2.75) is 13.0 Å². The quantitative estimate of drug-likeness (QED) is 0.745. The van der Waals surface area contributed by atoms with Crippen LogP contribution < -0.4 is 4.90 Å². The number of hydrogen-bond acceptors (Lipinski definition) is 4. The molecule has 0 aliphatic rings. The Morgan fingerprint density at radius 3 is 2.92 bits per heavy atom. The SMILES string of the molecule is CC(CO)N(C)c1csc(C=O)c1. The van der Waals surface area contributed by atoms with Crippen LogP contribution >= 0.6 is 11.3 Å². The molecule has 1 atom stereocenters. The molecule has 3 nitrogen and oxygen atoms in total. The predicted octanol–water partition coefficient (Wildman–Crippen LogP) is 1.38. The first-order chi connectivity index (χ1) is 6.19. The molecule has 0 spiro atoms. The molecule has 0 radical (unpaired) electrons. The minimum Gasteiger partial charge on any atom is -0.394 e. The van der Waals surface area contributed by atoms with Crippen LogP contribution in [0.3, 0.4) is 0 Å². The summed E-state index contributed by atoms with van der Waals surface area (Å²) < 4.78 is 0. The van der Waals surface area contributed by atoms with E-state index in [1.54, 1.807) is 0 Å². The number of aldehydes is 1. The molecular weight excluding hydrogens is 186 g/mol. The number of carbonyl (C=O) groups is 1. The highest BCUT2D eigenvalue weighted by molar-refractivity contribution is 7.12. The van der Waals surface area contributed by atoms with E-state index in [1.165, 1.54) is 11.3 Å². The summed E-state index contributed by atoms with van der Waals surface area (Å²) in [4.78, 5) is 13.1. The predicted molar refractivity (Wildman–Crippen MR) is 54.7 cm³/mol. The van der Waals surface area contributed by atoms with Crippen LogP contribution in [0.25, 0.3) is 0 Å². The fourth-order valence-corrected chi connectivity index (χ4v) is 1.70. The summed E-state index contributed by atoms with van der Waals surface area (Å²) in [5.41, 5.74) is 0.980. The zero-order chi connectivity index (χ0) is 9.84. The number of aliphatic hydroxyl groups is 1. The monoisotopic (exact) mass is 199 g/mol. The number of carbonyl (C=O) groups excluding carboxylic acids is 1. The van der Waals surface area contributed by atoms with Crippen molar-refractivity contribution < 1.29 is 9.90 Å². The molecule has 0 saturated carbocycles. The second-order valence-electron chi connectivity index (χ2n) is 2.97. The first kappa shape index (κ1) is 10.2. The van der Waals surface area contributed by atoms with Crippen LogP contribution in [-0.4, -0.2) is 31.1 Å². The van der Waals surface area contributed by atoms with Crippen LogP contribution in [0.15, 0.2) is 11.4 Å². The Kier molecular flexibility index (Phi) is 3.45. The van der Waals surface area contributed by atoms with Gasteiger partial charge in [-0.1, -0.05) is 0 Å². The van der Waals surface area contributed by atoms with E-state index in [1.807, 2.05) is 30.3 Å². The second-order valence-corrected chi connectivity index (χ2v) is 3.91. The number of likely N-dealkylation sites (N-methyl/N-ethyl adjacent to an activating group) is 1. The largest absolute Gasteiger partial charge is 0.394 e. The Labute approximate surface area is 81.6 Å². The molecule has 0 aliphatic heterocycles. The Bertz CT molecular complexity index is 285. The van der Waals surface area contributed by atoms with Crippen molar-refractivity contribution in [1.82, 2.24) is 0 Å². The van der Waals surface area contributed by atoms with E-state index >= 15 is 0 Å². The normalized spacial score (nSPS) is 12.5. The molecule has 1 aromatic heterocycles. The molecule has 0 bridgehead atoms. The van der Waals surface area contributed by atoms with Gasteiger partial charge in [-0.25, -0.2) is 0 Å². The lowest BCUT2D eigenvalue weighted by Gasteiger charge is -2.23. The van der Waals surface area contributed by atoms with Crippen molar-refractivity contribution in [1.29, 1.82) is 0 Å². The molecule has 0 saturated heterocycles. The van der Waals surface area contributed by atoms with E-state index in [0.717, 1.165) is 12.0 Å². The van der Waals surface area contributed by atoms with Crippen molar-refractivity contribution in [3.05, 3.63) is 16.3 Å². The first-order valence-electron chi connectivity index (χ1n) is 4.06. The third-order valence-corrected chi connectivity index (χ3v) is 2.90. The Hall–Kier alpha value is -0.870. The van der Waals surface area contributed by atoms with E-state index < -0.39 is 0 Å². The van der Waals surface area contributed by atoms with Gasteiger partial charge in [0.2, 0.25) is 0 Å². The highest BCUT2D eigenvalue weighted by atomic mass is 32.1. The number of rotatable bonds is 4. The van der Waals surface area contributed by atoms with Gasteiger partial charge in [0.1, 0.15) is 0 Å². The van der Waals surface area contributed by atoms with Gasteiger partial charge in [0.15, 0.2) is 6.29 Å². The maximum absolute atomic E-state index is 10.4. The number of nitrogens with zero attached hydrogens (tertiary/aromatic N) is 1. The van der Waals surface area contributed by atoms with Gasteiger partial charge < -0.3 is 10.0 Å². The van der Waals surface area contributed by atoms with Crippen LogP contribution in [0.5, 0.6) is 0 Å². The van der Waals surface area contributed by atoms with E-state index in [4.69, 9.17) is 5.11 Å². The summed E-state index contributed by atoms with van der Waals surface area (Å²) >= 11 is 1.41. The Morgan fingerprint density at radius 2 is 2.46 bits per heavy atom. The molecule has 1 rings (SSSR count). The molecule has 1 heterocycles. The second kappa shape index (κ2) is 4.39. The smallest absolute Gasteiger partial charge is 0.160 e. The molecule has 4 heteroatoms. The van der Waals surface area contributed by atoms with Crippen LogP contribution in [0, 0.1) is 0 Å². The van der Waals surface area contributed by atoms with E-state index in [9.17, 15) is 4.79 Å². The summed E-state index contributed by atoms with van der Waals surface area (Å²) in [6.07, 6.45) is 0.839. The van der Waals surface area contributed by atoms with Crippen LogP contribution in [-0.2, 0) is 0 Å². The third kappa shape index (κ3) is 2.29. The van der Waals surface area contributed by atoms with Crippen LogP contribution in [0.1, 0.15) is 16.6 Å². The molecular formula is C9H13NO2S. The molecule has 0 aliphatic carbocycles. The zero-order valence-corrected chi connectivity index (χ0v) is 8.54. The topological polar surface area (TPSA) is 40.5 Å². The molecule has 0 aromatic carbocycles. The molecule has 72 valence electrons. The van der Waals surface area contributed by atoms with Crippen molar-refractivity contribution in [3.63, 3.8) is 0 Å². The van der Waals surface area contributed by atoms with E-state index in [2.05, 4.69) is 0 Å². The van der Waals surface area contributed by atoms with Gasteiger partial charge in [0.25, 0.3) is 0 Å². The summed E-state index contributed by atoms with van der Waals surface area (Å²) in [7, 11) is 1.90. The van der Waals surface area contributed by atoms with Gasteiger partial charge in [-0.3, -0.25) is 4.79 Å². The minimum absolute atomic E-state index is 0.0779. The number of thiophene rings is 1. The minimum atomic E-state index is 0.0779. The lowest BCUT2D eigenvalue weighted by molar-refractivity contribution is 0.112. The average Bonchev–Trinajstić information content (AvgIpc) is 2.63. The zero-order valence-electron chi connectivity index (χ0n) is 7.73. The molecule has 1 aromatic rings. The molecule has 13 heavy (non-hydrogen) atoms. The first-order valence-corrected chi connectivity index (χ1v) is 4.94. The van der Waals surface area contributed by atoms with Gasteiger partial charge in [-0.15, -0.1) is 11.3 Å². The molecule has 0 fully saturated rings. The maximum atomic E-state index is 10.4. The lowest BCUT2D eigenvalue weighted by atomic mass is 10.3. The summed E-state index contributed by atoms with van der Waals surface area (Å²) in [6, 6.07) is 1.90. The molecule has 1 unspecified atom stereocenters. The maximum Gasteiger partial charge on any atom is 0.160 e. The van der Waals surface area contributed by atoms with Gasteiger partial charge >= 0.3 is 0 Å². The van der Waals surface area contributed by atoms with Gasteiger partial charge in [0.05, 0.1) is 11.5 Å². The molecule has 0 amide bonds. The van der Waals surface area contributed by atoms with Crippen molar-refractivity contribution in [2.24, 2.45) is 0 Å². The summed E-state index contributed by atoms with van der Waals surface area (Å²) in [5.74, 6) is 0. The van der Waals surface area contributed by atoms with Gasteiger partial charge in [-0.05, 0) is 13.0 Å². The average molecular weight is 199 g/mol. The van der Waals surface area contributed by atoms with E-state index in [-0.39, 0.29) is 12.6 Å². The van der Waals surface area contributed by atoms with Crippen molar-refractivity contribution in [2.75, 3.05) is 18.6 Å². The lowest BCUT2D eigenvalue weighted by Crippen LogP contribution is -2.31. The van der Waals surface area contributed by atoms with Crippen molar-refractivity contribution >= 4 is 23.3 Å². The molecule has 1 N–H and O–H groups in total. The van der Waals surface area contributed by atoms with Crippen LogP contribution in [0.4, 0.5) is 5.69 Å². The summed E-state index contributed by atoms with van der Waals surface area (Å²) in [6.45, 7) is 2.04. The Morgan fingerprint density at radius 1 is 1.77 bits per heavy atom. The fraction of sp³-hybridized carbons (Fsp3) is 0.444. The Balaban J connectivity index is 2.76. The van der Waals surface area contributed by atoms with Crippen molar-refractivity contribution in [3.8, 4) is 0 Å². The van der Waals surface area contributed by atoms with Gasteiger partial charge in [0, 0.05) is 24.2 Å². The highest BCUT2D eigenvalue weighted by Crippen LogP contribution is 2.22. The highest BCUT2D eigenvalue weighted by Gasteiger charge is 2.10. The van der Waals surface area contributed by atoms with E-state index in [0.29, 0.717) is 4.88 Å². The third-order valence-electron chi connectivity index (χ3n) is 2.05. The van der Waals surface area contributed by atoms with Crippen LogP contribution in [0.2, 0.25) is 0 Å².